The van der Waals surface area contributed by atoms with E-state index >= 15 is 0 Å². The second-order valence-electron chi connectivity index (χ2n) is 11.7. The Kier molecular flexibility index (Phi) is 10.0. The first-order chi connectivity index (χ1) is 20.7. The summed E-state index contributed by atoms with van der Waals surface area (Å²) in [5.41, 5.74) is -1.72. The smallest absolute Gasteiger partial charge is 0.409 e. The van der Waals surface area contributed by atoms with Crippen molar-refractivity contribution in [3.8, 4) is 5.75 Å². The highest BCUT2D eigenvalue weighted by Gasteiger charge is 2.64. The van der Waals surface area contributed by atoms with Gasteiger partial charge in [0.05, 0.1) is 25.3 Å². The van der Waals surface area contributed by atoms with E-state index in [1.165, 1.54) is 26.2 Å². The molecule has 3 aliphatic rings. The zero-order valence-electron chi connectivity index (χ0n) is 26.0. The van der Waals surface area contributed by atoms with Crippen molar-refractivity contribution in [3.63, 3.8) is 0 Å². The Morgan fingerprint density at radius 1 is 1.27 bits per heavy atom. The van der Waals surface area contributed by atoms with Crippen LogP contribution < -0.4 is 15.0 Å². The molecule has 0 aliphatic carbocycles. The third-order valence-corrected chi connectivity index (χ3v) is 9.10. The van der Waals surface area contributed by atoms with Crippen LogP contribution in [-0.4, -0.2) is 85.2 Å². The summed E-state index contributed by atoms with van der Waals surface area (Å²) in [4.78, 5) is 40.2. The number of nitrogens with one attached hydrogen (secondary N) is 1. The quantitative estimate of drug-likeness (QED) is 0.330. The number of methoxy groups -OCH3 is 2. The van der Waals surface area contributed by atoms with Crippen LogP contribution in [0.5, 0.6) is 5.75 Å². The monoisotopic (exact) mass is 636 g/mol. The van der Waals surface area contributed by atoms with Gasteiger partial charge in [0, 0.05) is 32.9 Å². The van der Waals surface area contributed by atoms with Crippen LogP contribution in [0.15, 0.2) is 35.9 Å². The molecule has 1 aromatic carbocycles. The van der Waals surface area contributed by atoms with E-state index in [9.17, 15) is 24.6 Å². The molecule has 4 bridgehead atoms. The standard InChI is InChI=1S/C31H41ClN2O10/c1-8-25(36)43-23-14-24(35)34(5)19-12-18(13-20(40-6)26(19)32)27(37)16(2)10-9-11-22(41-7)31(39)15-21(42-29(38)33-31)17(3)28-30(23,4)44-28/h9-13,17,21-23,27-28,37,39H,8,14-15H2,1-7H3,(H,33,38)/b11-9+,16-10+/t17?,21?,22?,23?,27-,28?,30?,31?/m1/s1. The van der Waals surface area contributed by atoms with E-state index in [0.717, 1.165) is 0 Å². The minimum absolute atomic E-state index is 0.0464. The van der Waals surface area contributed by atoms with E-state index in [1.54, 1.807) is 58.1 Å². The first kappa shape index (κ1) is 33.7. The number of amides is 2. The van der Waals surface area contributed by atoms with Gasteiger partial charge in [-0.25, -0.2) is 4.79 Å². The van der Waals surface area contributed by atoms with Crippen molar-refractivity contribution < 1.29 is 48.3 Å². The highest BCUT2D eigenvalue weighted by atomic mass is 35.5. The van der Waals surface area contributed by atoms with Gasteiger partial charge in [0.25, 0.3) is 0 Å². The van der Waals surface area contributed by atoms with Crippen LogP contribution in [0, 0.1) is 5.92 Å². The first-order valence-electron chi connectivity index (χ1n) is 14.5. The molecule has 0 aromatic heterocycles. The number of carbonyl (C=O) groups is 3. The topological polar surface area (TPSA) is 156 Å². The number of anilines is 1. The summed E-state index contributed by atoms with van der Waals surface area (Å²) in [5.74, 6) is -1.17. The number of aliphatic hydroxyl groups is 2. The maximum Gasteiger partial charge on any atom is 0.409 e. The number of halogens is 1. The van der Waals surface area contributed by atoms with Crippen molar-refractivity contribution >= 4 is 35.3 Å². The molecule has 3 aliphatic heterocycles. The van der Waals surface area contributed by atoms with E-state index < -0.39 is 65.7 Å². The van der Waals surface area contributed by atoms with Gasteiger partial charge in [-0.05, 0) is 37.1 Å². The number of carbonyl (C=O) groups excluding carboxylic acids is 3. The molecule has 2 amide bonds. The number of epoxide rings is 1. The maximum atomic E-state index is 13.7. The fourth-order valence-corrected chi connectivity index (χ4v) is 6.14. The molecule has 1 aromatic rings. The van der Waals surface area contributed by atoms with E-state index in [1.807, 2.05) is 0 Å². The largest absolute Gasteiger partial charge is 0.495 e. The molecule has 2 saturated heterocycles. The van der Waals surface area contributed by atoms with Gasteiger partial charge in [0.15, 0.2) is 5.72 Å². The molecular formula is C31H41ClN2O10. The molecule has 4 rings (SSSR count). The van der Waals surface area contributed by atoms with Crippen LogP contribution in [0.4, 0.5) is 10.5 Å². The van der Waals surface area contributed by atoms with Gasteiger partial charge in [-0.2, -0.15) is 0 Å². The Labute approximate surface area is 261 Å². The number of rotatable bonds is 4. The molecule has 8 atom stereocenters. The van der Waals surface area contributed by atoms with Crippen LogP contribution in [0.25, 0.3) is 0 Å². The van der Waals surface area contributed by atoms with Crippen molar-refractivity contribution in [3.05, 3.63) is 46.5 Å². The minimum atomic E-state index is -1.83. The third kappa shape index (κ3) is 6.59. The first-order valence-corrected chi connectivity index (χ1v) is 14.8. The Morgan fingerprint density at radius 3 is 2.61 bits per heavy atom. The molecule has 44 heavy (non-hydrogen) atoms. The fourth-order valence-electron chi connectivity index (χ4n) is 5.83. The number of ether oxygens (including phenoxy) is 5. The van der Waals surface area contributed by atoms with Crippen molar-refractivity contribution in [2.24, 2.45) is 5.92 Å². The second kappa shape index (κ2) is 13.1. The number of nitrogens with zero attached hydrogens (tertiary/aromatic N) is 1. The van der Waals surface area contributed by atoms with Crippen LogP contribution in [0.1, 0.15) is 58.6 Å². The highest BCUT2D eigenvalue weighted by Crippen LogP contribution is 2.49. The van der Waals surface area contributed by atoms with Crippen molar-refractivity contribution in [1.82, 2.24) is 5.32 Å². The molecule has 0 radical (unpaired) electrons. The molecule has 3 N–H and O–H groups in total. The van der Waals surface area contributed by atoms with E-state index in [4.69, 9.17) is 35.3 Å². The lowest BCUT2D eigenvalue weighted by Crippen LogP contribution is -2.63. The Balaban J connectivity index is 1.82. The number of hydrogen-bond donors (Lipinski definition) is 3. The number of benzene rings is 1. The summed E-state index contributed by atoms with van der Waals surface area (Å²) in [6, 6.07) is 3.17. The minimum Gasteiger partial charge on any atom is -0.495 e. The summed E-state index contributed by atoms with van der Waals surface area (Å²) in [6.45, 7) is 6.88. The number of aliphatic hydroxyl groups excluding tert-OH is 1. The fraction of sp³-hybridized carbons (Fsp3) is 0.581. The molecule has 13 heteroatoms. The normalized spacial score (nSPS) is 36.2. The number of fused-ring (bicyclic) bond motifs is 5. The lowest BCUT2D eigenvalue weighted by Gasteiger charge is -2.42. The zero-order chi connectivity index (χ0) is 32.6. The Morgan fingerprint density at radius 2 is 1.98 bits per heavy atom. The van der Waals surface area contributed by atoms with E-state index in [2.05, 4.69) is 5.32 Å². The van der Waals surface area contributed by atoms with Crippen molar-refractivity contribution in [2.75, 3.05) is 26.2 Å². The number of allylic oxidation sites excluding steroid dienone is 2. The molecule has 0 saturated carbocycles. The van der Waals surface area contributed by atoms with Gasteiger partial charge >= 0.3 is 12.1 Å². The molecule has 7 unspecified atom stereocenters. The van der Waals surface area contributed by atoms with Crippen molar-refractivity contribution in [2.45, 2.75) is 88.8 Å². The van der Waals surface area contributed by atoms with Gasteiger partial charge in [-0.3, -0.25) is 14.9 Å². The summed E-state index contributed by atoms with van der Waals surface area (Å²) >= 11 is 6.63. The number of esters is 1. The van der Waals surface area contributed by atoms with Crippen LogP contribution in [0.3, 0.4) is 0 Å². The van der Waals surface area contributed by atoms with Gasteiger partial charge in [-0.1, -0.05) is 43.7 Å². The summed E-state index contributed by atoms with van der Waals surface area (Å²) < 4.78 is 28.4. The number of alkyl carbamates (subject to hydrolysis) is 1. The van der Waals surface area contributed by atoms with E-state index in [-0.39, 0.29) is 35.7 Å². The summed E-state index contributed by atoms with van der Waals surface area (Å²) in [7, 11) is 4.36. The Bertz CT molecular complexity index is 1350. The predicted octanol–water partition coefficient (Wildman–Crippen LogP) is 3.57. The van der Waals surface area contributed by atoms with Crippen LogP contribution in [-0.2, 0) is 28.5 Å². The molecule has 242 valence electrons. The lowest BCUT2D eigenvalue weighted by molar-refractivity contribution is -0.153. The van der Waals surface area contributed by atoms with E-state index in [0.29, 0.717) is 11.1 Å². The van der Waals surface area contributed by atoms with Gasteiger partial charge in [0.2, 0.25) is 5.91 Å². The maximum absolute atomic E-state index is 13.7. The molecule has 3 heterocycles. The summed E-state index contributed by atoms with van der Waals surface area (Å²) in [6.07, 6.45) is -0.722. The van der Waals surface area contributed by atoms with Crippen LogP contribution in [0.2, 0.25) is 5.02 Å². The molecule has 0 spiro atoms. The average Bonchev–Trinajstić information content (AvgIpc) is 3.68. The van der Waals surface area contributed by atoms with Gasteiger partial charge in [0.1, 0.15) is 40.8 Å². The van der Waals surface area contributed by atoms with Crippen molar-refractivity contribution in [1.29, 1.82) is 0 Å². The van der Waals surface area contributed by atoms with Gasteiger partial charge in [-0.15, -0.1) is 0 Å². The molecule has 2 fully saturated rings. The number of hydrogen-bond acceptors (Lipinski definition) is 10. The van der Waals surface area contributed by atoms with Gasteiger partial charge < -0.3 is 38.8 Å². The third-order valence-electron chi connectivity index (χ3n) is 8.72. The molecule has 12 nitrogen and oxygen atoms in total. The highest BCUT2D eigenvalue weighted by molar-refractivity contribution is 6.35. The van der Waals surface area contributed by atoms with Crippen LogP contribution >= 0.6 is 11.6 Å². The molecular weight excluding hydrogens is 596 g/mol. The Hall–Kier alpha value is -3.16. The SMILES string of the molecule is CCC(=O)OC1CC(=O)N(C)c2cc(cc(OC)c2Cl)[C@H](O)/C(C)=C/C=C/C(OC)C2(O)CC(OC(=O)N2)C(C)C2OC12C. The second-order valence-corrected chi connectivity index (χ2v) is 12.1. The predicted molar refractivity (Wildman–Crippen MR) is 160 cm³/mol. The average molecular weight is 637 g/mol. The zero-order valence-corrected chi connectivity index (χ0v) is 26.7. The lowest BCUT2D eigenvalue weighted by atomic mass is 9.83. The summed E-state index contributed by atoms with van der Waals surface area (Å²) in [5, 5.41) is 25.4.